The van der Waals surface area contributed by atoms with E-state index in [0.717, 1.165) is 49.7 Å². The fourth-order valence-electron chi connectivity index (χ4n) is 3.01. The molecule has 0 aromatic carbocycles. The first kappa shape index (κ1) is 20.4. The van der Waals surface area contributed by atoms with Gasteiger partial charge in [-0.25, -0.2) is 9.98 Å². The summed E-state index contributed by atoms with van der Waals surface area (Å²) in [6.07, 6.45) is 2.82. The SMILES string of the molecule is CCNC(=NCc1c(CC)nn(C)c1CC)NCCc1nc(C)c(C)s1. The van der Waals surface area contributed by atoms with Gasteiger partial charge >= 0.3 is 0 Å². The Hall–Kier alpha value is -1.89. The van der Waals surface area contributed by atoms with Gasteiger partial charge in [-0.3, -0.25) is 4.68 Å². The summed E-state index contributed by atoms with van der Waals surface area (Å²) in [6, 6.07) is 0. The van der Waals surface area contributed by atoms with E-state index < -0.39 is 0 Å². The maximum absolute atomic E-state index is 4.79. The summed E-state index contributed by atoms with van der Waals surface area (Å²) in [4.78, 5) is 10.7. The molecule has 0 atom stereocenters. The number of nitrogens with zero attached hydrogens (tertiary/aromatic N) is 4. The van der Waals surface area contributed by atoms with Crippen LogP contribution < -0.4 is 10.6 Å². The number of aryl methyl sites for hydroxylation is 4. The Morgan fingerprint density at radius 2 is 1.92 bits per heavy atom. The fourth-order valence-corrected chi connectivity index (χ4v) is 3.94. The number of aliphatic imine (C=N–C) groups is 1. The molecule has 0 fully saturated rings. The monoisotopic (exact) mass is 376 g/mol. The van der Waals surface area contributed by atoms with Crippen molar-refractivity contribution in [1.29, 1.82) is 0 Å². The van der Waals surface area contributed by atoms with E-state index in [1.807, 2.05) is 11.7 Å². The van der Waals surface area contributed by atoms with Crippen LogP contribution >= 0.6 is 11.3 Å². The third-order valence-corrected chi connectivity index (χ3v) is 5.60. The Bertz CT molecular complexity index is 724. The zero-order valence-corrected chi connectivity index (χ0v) is 17.8. The van der Waals surface area contributed by atoms with Crippen molar-refractivity contribution >= 4 is 17.3 Å². The predicted molar refractivity (Wildman–Crippen MR) is 110 cm³/mol. The zero-order valence-electron chi connectivity index (χ0n) is 16.9. The molecule has 144 valence electrons. The van der Waals surface area contributed by atoms with Crippen LogP contribution in [0.5, 0.6) is 0 Å². The molecule has 2 aromatic rings. The quantitative estimate of drug-likeness (QED) is 0.549. The van der Waals surface area contributed by atoms with Crippen LogP contribution in [0, 0.1) is 13.8 Å². The van der Waals surface area contributed by atoms with Crippen LogP contribution in [0.2, 0.25) is 0 Å². The van der Waals surface area contributed by atoms with Crippen LogP contribution in [0.25, 0.3) is 0 Å². The van der Waals surface area contributed by atoms with Crippen molar-refractivity contribution in [2.75, 3.05) is 13.1 Å². The van der Waals surface area contributed by atoms with E-state index in [2.05, 4.69) is 55.3 Å². The van der Waals surface area contributed by atoms with Gasteiger partial charge in [0.15, 0.2) is 5.96 Å². The van der Waals surface area contributed by atoms with Crippen molar-refractivity contribution in [1.82, 2.24) is 25.4 Å². The van der Waals surface area contributed by atoms with Crippen LogP contribution in [0.3, 0.4) is 0 Å². The normalized spacial score (nSPS) is 11.8. The second kappa shape index (κ2) is 9.71. The third-order valence-electron chi connectivity index (χ3n) is 4.47. The number of hydrogen-bond donors (Lipinski definition) is 2. The van der Waals surface area contributed by atoms with Crippen molar-refractivity contribution in [3.63, 3.8) is 0 Å². The number of hydrogen-bond acceptors (Lipinski definition) is 4. The molecule has 0 saturated carbocycles. The number of guanidine groups is 1. The van der Waals surface area contributed by atoms with E-state index in [9.17, 15) is 0 Å². The van der Waals surface area contributed by atoms with Crippen molar-refractivity contribution in [2.45, 2.75) is 60.4 Å². The highest BCUT2D eigenvalue weighted by molar-refractivity contribution is 7.11. The minimum absolute atomic E-state index is 0.658. The molecule has 0 aliphatic rings. The summed E-state index contributed by atoms with van der Waals surface area (Å²) in [5.41, 5.74) is 4.83. The van der Waals surface area contributed by atoms with Gasteiger partial charge in [0, 0.05) is 42.7 Å². The number of thiazole rings is 1. The fraction of sp³-hybridized carbons (Fsp3) is 0.632. The minimum atomic E-state index is 0.658. The lowest BCUT2D eigenvalue weighted by Gasteiger charge is -2.11. The summed E-state index contributed by atoms with van der Waals surface area (Å²) in [6.45, 7) is 12.9. The van der Waals surface area contributed by atoms with E-state index in [0.29, 0.717) is 6.54 Å². The van der Waals surface area contributed by atoms with Crippen LogP contribution in [-0.4, -0.2) is 33.8 Å². The van der Waals surface area contributed by atoms with Crippen LogP contribution in [0.4, 0.5) is 0 Å². The molecular formula is C19H32N6S. The number of nitrogens with one attached hydrogen (secondary N) is 2. The average molecular weight is 377 g/mol. The van der Waals surface area contributed by atoms with Crippen LogP contribution in [-0.2, 0) is 32.9 Å². The Labute approximate surface area is 161 Å². The highest BCUT2D eigenvalue weighted by Crippen LogP contribution is 2.17. The second-order valence-electron chi connectivity index (χ2n) is 6.32. The van der Waals surface area contributed by atoms with Crippen molar-refractivity contribution in [3.8, 4) is 0 Å². The van der Waals surface area contributed by atoms with E-state index in [-0.39, 0.29) is 0 Å². The molecule has 0 aliphatic heterocycles. The average Bonchev–Trinajstić information content (AvgIpc) is 3.10. The van der Waals surface area contributed by atoms with Crippen LogP contribution in [0.15, 0.2) is 4.99 Å². The molecule has 0 amide bonds. The smallest absolute Gasteiger partial charge is 0.191 e. The van der Waals surface area contributed by atoms with Gasteiger partial charge in [0.2, 0.25) is 0 Å². The van der Waals surface area contributed by atoms with Gasteiger partial charge in [0.1, 0.15) is 0 Å². The first-order chi connectivity index (χ1) is 12.5. The third kappa shape index (κ3) is 5.06. The van der Waals surface area contributed by atoms with Gasteiger partial charge in [-0.15, -0.1) is 11.3 Å². The van der Waals surface area contributed by atoms with Gasteiger partial charge in [-0.2, -0.15) is 5.10 Å². The molecule has 0 saturated heterocycles. The Morgan fingerprint density at radius 1 is 1.15 bits per heavy atom. The summed E-state index contributed by atoms with van der Waals surface area (Å²) >= 11 is 1.78. The number of rotatable bonds is 8. The minimum Gasteiger partial charge on any atom is -0.357 e. The lowest BCUT2D eigenvalue weighted by atomic mass is 10.1. The molecule has 0 unspecified atom stereocenters. The zero-order chi connectivity index (χ0) is 19.1. The Kier molecular flexibility index (Phi) is 7.63. The molecule has 7 heteroatoms. The first-order valence-electron chi connectivity index (χ1n) is 9.48. The molecule has 2 rings (SSSR count). The maximum Gasteiger partial charge on any atom is 0.191 e. The largest absolute Gasteiger partial charge is 0.357 e. The summed E-state index contributed by atoms with van der Waals surface area (Å²) in [5.74, 6) is 0.852. The molecule has 2 N–H and O–H groups in total. The van der Waals surface area contributed by atoms with Gasteiger partial charge in [-0.05, 0) is 33.6 Å². The number of aromatic nitrogens is 3. The molecule has 0 spiro atoms. The van der Waals surface area contributed by atoms with Crippen LogP contribution in [0.1, 0.15) is 53.3 Å². The molecule has 0 radical (unpaired) electrons. The standard InChI is InChI=1S/C19H32N6S/c1-7-16-15(17(8-2)25(6)24-16)12-22-19(20-9-3)21-11-10-18-23-13(4)14(5)26-18/h7-12H2,1-6H3,(H2,20,21,22). The summed E-state index contributed by atoms with van der Waals surface area (Å²) in [5, 5.41) is 12.6. The summed E-state index contributed by atoms with van der Waals surface area (Å²) in [7, 11) is 2.02. The molecule has 2 aromatic heterocycles. The Balaban J connectivity index is 2.02. The van der Waals surface area contributed by atoms with Crippen molar-refractivity contribution in [2.24, 2.45) is 12.0 Å². The highest BCUT2D eigenvalue weighted by atomic mass is 32.1. The first-order valence-corrected chi connectivity index (χ1v) is 10.3. The maximum atomic E-state index is 4.79. The molecule has 0 bridgehead atoms. The highest BCUT2D eigenvalue weighted by Gasteiger charge is 2.13. The van der Waals surface area contributed by atoms with Gasteiger partial charge in [0.25, 0.3) is 0 Å². The molecular weight excluding hydrogens is 344 g/mol. The molecule has 26 heavy (non-hydrogen) atoms. The molecule has 2 heterocycles. The van der Waals surface area contributed by atoms with Gasteiger partial charge in [-0.1, -0.05) is 13.8 Å². The van der Waals surface area contributed by atoms with Crippen molar-refractivity contribution < 1.29 is 0 Å². The Morgan fingerprint density at radius 3 is 2.50 bits per heavy atom. The summed E-state index contributed by atoms with van der Waals surface area (Å²) < 4.78 is 2.00. The lowest BCUT2D eigenvalue weighted by Crippen LogP contribution is -2.38. The van der Waals surface area contributed by atoms with E-state index in [4.69, 9.17) is 4.99 Å². The van der Waals surface area contributed by atoms with E-state index >= 15 is 0 Å². The van der Waals surface area contributed by atoms with Crippen molar-refractivity contribution in [3.05, 3.63) is 32.5 Å². The predicted octanol–water partition coefficient (Wildman–Crippen LogP) is 2.92. The van der Waals surface area contributed by atoms with Gasteiger partial charge in [0.05, 0.1) is 22.9 Å². The molecule has 0 aliphatic carbocycles. The topological polar surface area (TPSA) is 67.1 Å². The second-order valence-corrected chi connectivity index (χ2v) is 7.61. The van der Waals surface area contributed by atoms with Gasteiger partial charge < -0.3 is 10.6 Å². The molecule has 6 nitrogen and oxygen atoms in total. The lowest BCUT2D eigenvalue weighted by molar-refractivity contribution is 0.703. The van der Waals surface area contributed by atoms with E-state index in [1.54, 1.807) is 11.3 Å². The van der Waals surface area contributed by atoms with E-state index in [1.165, 1.54) is 21.1 Å².